The minimum atomic E-state index is -2.47. The van der Waals surface area contributed by atoms with Crippen LogP contribution in [0, 0.1) is 0 Å². The fourth-order valence-electron chi connectivity index (χ4n) is 3.51. The minimum Gasteiger partial charge on any atom is -0.457 e. The number of ether oxygens (including phenoxy) is 3. The van der Waals surface area contributed by atoms with E-state index in [4.69, 9.17) is 41.2 Å². The molecule has 0 spiro atoms. The van der Waals surface area contributed by atoms with Crippen LogP contribution in [0.4, 0.5) is 17.8 Å². The molecular formula is C40H102Cl3F2NO9PtSi8. The van der Waals surface area contributed by atoms with Crippen molar-refractivity contribution in [2.45, 2.75) is 176 Å². The molecule has 0 bridgehead atoms. The van der Waals surface area contributed by atoms with Gasteiger partial charge in [-0.15, -0.1) is 13.2 Å². The summed E-state index contributed by atoms with van der Waals surface area (Å²) in [5.74, 6) is 0. The molecule has 0 aromatic carbocycles. The zero-order chi connectivity index (χ0) is 51.7. The second-order valence-corrected chi connectivity index (χ2v) is 58.6. The topological polar surface area (TPSA) is 133 Å². The van der Waals surface area contributed by atoms with Gasteiger partial charge in [0.2, 0.25) is 16.8 Å². The predicted octanol–water partition coefficient (Wildman–Crippen LogP) is 14.8. The fourth-order valence-corrected chi connectivity index (χ4v) is 17.3. The summed E-state index contributed by atoms with van der Waals surface area (Å²) in [5.41, 5.74) is -0.773. The Balaban J connectivity index is -0.0000000666. The van der Waals surface area contributed by atoms with Gasteiger partial charge in [0.25, 0.3) is 0 Å². The van der Waals surface area contributed by atoms with E-state index in [1.54, 1.807) is 32.3 Å². The molecule has 0 saturated heterocycles. The molecule has 0 aliphatic heterocycles. The Labute approximate surface area is 432 Å². The normalized spacial score (nSPS) is 11.0. The standard InChI is InChI=1S/C8H21ClOSi2.C7H15FO3Si.C6H19NSi2.C6H14OSi.C5H13FOSi.C3H6O.C2H3ClO2.C2H7ClSi.CH4.Pt/c1-11(2,3)10-7-6-8-12(4,5)9;1-10-7(9)11-5-4-6-12(2,3)8;1-8(2,3)7-9(4,5)6;1-5-6-7-8(2,3)4;1-8(2,6)5-3-4-7;1-2-3-4;1-5-2(3)4;1-4(2)3;;/h6-8H2,1-5H3;4-6H2,1-3H3;7H,1-6H3;5H,1,6H2,2-4H3;7H,3-5H2,1-2H3;2,4H,1,3H2;1H3;4H,1-2H3;1H4;. The van der Waals surface area contributed by atoms with Crippen molar-refractivity contribution in [3.63, 3.8) is 0 Å². The van der Waals surface area contributed by atoms with Gasteiger partial charge in [-0.2, -0.15) is 22.2 Å². The van der Waals surface area contributed by atoms with Gasteiger partial charge in [0.1, 0.15) is 24.6 Å². The van der Waals surface area contributed by atoms with Crippen LogP contribution in [-0.4, -0.2) is 134 Å². The van der Waals surface area contributed by atoms with E-state index in [9.17, 15) is 17.8 Å². The molecule has 3 N–H and O–H groups in total. The van der Waals surface area contributed by atoms with E-state index in [2.05, 4.69) is 148 Å². The van der Waals surface area contributed by atoms with Crippen LogP contribution in [0.1, 0.15) is 26.7 Å². The summed E-state index contributed by atoms with van der Waals surface area (Å²) >= 11 is 16.2. The summed E-state index contributed by atoms with van der Waals surface area (Å²) in [7, 11) is -8.85. The second kappa shape index (κ2) is 50.6. The van der Waals surface area contributed by atoms with Gasteiger partial charge in [0.15, 0.2) is 24.0 Å². The quantitative estimate of drug-likeness (QED) is 0.0304. The van der Waals surface area contributed by atoms with Crippen LogP contribution < -0.4 is 4.65 Å². The summed E-state index contributed by atoms with van der Waals surface area (Å²) < 4.78 is 53.1. The molecule has 0 aromatic rings. The average Bonchev–Trinajstić information content (AvgIpc) is 3.04. The van der Waals surface area contributed by atoms with E-state index in [0.29, 0.717) is 31.5 Å². The number of halogens is 5. The van der Waals surface area contributed by atoms with Gasteiger partial charge in [-0.3, -0.25) is 0 Å². The van der Waals surface area contributed by atoms with Crippen LogP contribution in [0.3, 0.4) is 0 Å². The molecule has 398 valence electrons. The van der Waals surface area contributed by atoms with Crippen molar-refractivity contribution in [3.8, 4) is 0 Å². The van der Waals surface area contributed by atoms with E-state index in [0.717, 1.165) is 13.0 Å². The Kier molecular flexibility index (Phi) is 69.7. The van der Waals surface area contributed by atoms with Crippen molar-refractivity contribution in [2.75, 3.05) is 47.3 Å². The third kappa shape index (κ3) is 159. The van der Waals surface area contributed by atoms with Crippen LogP contribution in [-0.2, 0) is 44.1 Å². The van der Waals surface area contributed by atoms with Crippen molar-refractivity contribution in [3.05, 3.63) is 25.3 Å². The Morgan fingerprint density at radius 2 is 1.00 bits per heavy atom. The second-order valence-electron chi connectivity index (χ2n) is 19.7. The van der Waals surface area contributed by atoms with Crippen molar-refractivity contribution < 1.29 is 72.1 Å². The van der Waals surface area contributed by atoms with Gasteiger partial charge in [-0.1, -0.05) is 85.0 Å². The Morgan fingerprint density at radius 3 is 1.17 bits per heavy atom. The van der Waals surface area contributed by atoms with Crippen molar-refractivity contribution in [2.24, 2.45) is 0 Å². The van der Waals surface area contributed by atoms with Crippen LogP contribution in [0.15, 0.2) is 25.3 Å². The smallest absolute Gasteiger partial charge is 0.457 e. The van der Waals surface area contributed by atoms with Crippen LogP contribution >= 0.6 is 33.8 Å². The molecule has 10 nitrogen and oxygen atoms in total. The van der Waals surface area contributed by atoms with Gasteiger partial charge in [0.05, 0.1) is 34.0 Å². The van der Waals surface area contributed by atoms with Gasteiger partial charge >= 0.3 is 11.6 Å². The molecule has 0 fully saturated rings. The predicted molar refractivity (Wildman–Crippen MR) is 300 cm³/mol. The zero-order valence-corrected chi connectivity index (χ0v) is 56.6. The maximum absolute atomic E-state index is 13.0. The first-order valence-electron chi connectivity index (χ1n) is 21.1. The molecule has 0 heterocycles. The summed E-state index contributed by atoms with van der Waals surface area (Å²) in [6.45, 7) is 51.2. The number of aliphatic hydroxyl groups is 2. The largest absolute Gasteiger partial charge is 0.507 e. The van der Waals surface area contributed by atoms with E-state index < -0.39 is 77.0 Å². The summed E-state index contributed by atoms with van der Waals surface area (Å²) in [4.78, 5) is 19.8. The first-order chi connectivity index (χ1) is 27.4. The first-order valence-corrected chi connectivity index (χ1v) is 49.7. The molecule has 0 rings (SSSR count). The Hall–Kier alpha value is 1.17. The number of aliphatic hydroxyl groups excluding tert-OH is 2. The van der Waals surface area contributed by atoms with E-state index >= 15 is 0 Å². The van der Waals surface area contributed by atoms with Gasteiger partial charge in [0, 0.05) is 45.9 Å². The summed E-state index contributed by atoms with van der Waals surface area (Å²) in [6, 6.07) is 2.27. The van der Waals surface area contributed by atoms with Crippen LogP contribution in [0.5, 0.6) is 0 Å². The van der Waals surface area contributed by atoms with Crippen LogP contribution in [0.2, 0.25) is 149 Å². The monoisotopic (exact) mass is 1300 g/mol. The van der Waals surface area contributed by atoms with Crippen molar-refractivity contribution >= 4 is 111 Å². The zero-order valence-electron chi connectivity index (χ0n) is 43.9. The maximum Gasteiger partial charge on any atom is 0.507 e. The Bertz CT molecular complexity index is 1010. The fraction of sp³-hybridized carbons (Fsp3) is 0.850. The SMILES string of the molecule is C.C=CCO.C=CCO[Si](C)(C)C.COC(=O)Cl.COC(=O)OCCC[Si](C)(C)F.C[SiH](C)Cl.C[Si](C)(C)N[Si](C)(C)C.C[Si](C)(Cl)CCCO[Si](C)(C)C.C[Si](C)(F)CCCO.[Pt]. The van der Waals surface area contributed by atoms with Gasteiger partial charge in [-0.25, -0.2) is 9.59 Å². The molecule has 0 saturated carbocycles. The molecule has 0 radical (unpaired) electrons. The van der Waals surface area contributed by atoms with E-state index in [1.165, 1.54) is 26.3 Å². The molecule has 64 heavy (non-hydrogen) atoms. The molecule has 0 aliphatic carbocycles. The van der Waals surface area contributed by atoms with Gasteiger partial charge < -0.3 is 46.1 Å². The summed E-state index contributed by atoms with van der Waals surface area (Å²) in [5, 5.41) is 16.0. The molecular weight excluding hydrogens is 1200 g/mol. The third-order valence-corrected chi connectivity index (χ3v) is 18.8. The van der Waals surface area contributed by atoms with E-state index in [-0.39, 0.29) is 48.3 Å². The average molecular weight is 1310 g/mol. The first kappa shape index (κ1) is 88.2. The molecule has 24 heteroatoms. The molecule has 0 aromatic heterocycles. The van der Waals surface area contributed by atoms with Crippen molar-refractivity contribution in [1.82, 2.24) is 4.65 Å². The number of methoxy groups -OCH3 is 2. The number of nitrogens with one attached hydrogen (secondary N) is 1. The molecule has 0 unspecified atom stereocenters. The van der Waals surface area contributed by atoms with Gasteiger partial charge in [-0.05, 0) is 103 Å². The summed E-state index contributed by atoms with van der Waals surface area (Å²) in [6.07, 6.45) is 4.85. The minimum absolute atomic E-state index is 0. The number of carbonyl (C=O) groups is 2. The Morgan fingerprint density at radius 1 is 0.672 bits per heavy atom. The molecule has 0 atom stereocenters. The number of rotatable bonds is 18. The molecule has 0 amide bonds. The number of carbonyl (C=O) groups excluding carboxylic acids is 2. The van der Waals surface area contributed by atoms with E-state index in [1.807, 2.05) is 0 Å². The molecule has 0 aliphatic rings. The third-order valence-electron chi connectivity index (χ3n) is 5.36. The van der Waals surface area contributed by atoms with Crippen LogP contribution in [0.25, 0.3) is 0 Å². The van der Waals surface area contributed by atoms with Crippen molar-refractivity contribution in [1.29, 1.82) is 0 Å². The number of hydrogen-bond donors (Lipinski definition) is 3. The maximum atomic E-state index is 13.0. The number of hydrogen-bond acceptors (Lipinski definition) is 10.